The quantitative estimate of drug-likeness (QED) is 0.741. The highest BCUT2D eigenvalue weighted by Crippen LogP contribution is 2.13. The number of carbonyl (C=O) groups is 1. The largest absolute Gasteiger partial charge is 0.481 e. The minimum Gasteiger partial charge on any atom is -0.481 e. The predicted octanol–water partition coefficient (Wildman–Crippen LogP) is 0.757. The van der Waals surface area contributed by atoms with Gasteiger partial charge >= 0.3 is 5.97 Å². The second kappa shape index (κ2) is 6.02. The molecule has 0 spiro atoms. The van der Waals surface area contributed by atoms with Crippen LogP contribution in [-0.4, -0.2) is 23.4 Å². The summed E-state index contributed by atoms with van der Waals surface area (Å²) in [6.07, 6.45) is 2.10. The van der Waals surface area contributed by atoms with Crippen LogP contribution in [0, 0.1) is 5.92 Å². The molecule has 0 fully saturated rings. The zero-order valence-electron chi connectivity index (χ0n) is 8.80. The molecule has 1 unspecified atom stereocenters. The molecular formula is C12H14NO3. The van der Waals surface area contributed by atoms with Gasteiger partial charge in [-0.15, -0.1) is 0 Å². The van der Waals surface area contributed by atoms with E-state index in [-0.39, 0.29) is 6.42 Å². The van der Waals surface area contributed by atoms with Gasteiger partial charge in [-0.25, -0.2) is 0 Å². The fourth-order valence-corrected chi connectivity index (χ4v) is 1.52. The molecule has 3 N–H and O–H groups in total. The minimum atomic E-state index is -0.936. The van der Waals surface area contributed by atoms with Crippen LogP contribution in [0.1, 0.15) is 12.0 Å². The number of rotatable bonds is 6. The second-order valence-electron chi connectivity index (χ2n) is 3.68. The van der Waals surface area contributed by atoms with Crippen molar-refractivity contribution in [3.8, 4) is 0 Å². The molecule has 0 saturated carbocycles. The van der Waals surface area contributed by atoms with E-state index in [0.29, 0.717) is 6.42 Å². The van der Waals surface area contributed by atoms with Crippen LogP contribution in [0.5, 0.6) is 0 Å². The Kier molecular flexibility index (Phi) is 4.66. The van der Waals surface area contributed by atoms with Crippen molar-refractivity contribution in [1.82, 2.24) is 0 Å². The molecular weight excluding hydrogens is 206 g/mol. The number of carbonyl (C=O) groups excluding carboxylic acids is 1. The molecule has 0 aliphatic rings. The lowest BCUT2D eigenvalue weighted by molar-refractivity contribution is -0.141. The molecule has 0 aliphatic heterocycles. The van der Waals surface area contributed by atoms with Gasteiger partial charge in [0, 0.05) is 0 Å². The van der Waals surface area contributed by atoms with Gasteiger partial charge in [-0.3, -0.25) is 9.59 Å². The number of hydrogen-bond donors (Lipinski definition) is 2. The number of hydrogen-bond acceptors (Lipinski definition) is 3. The molecule has 16 heavy (non-hydrogen) atoms. The maximum absolute atomic E-state index is 11.0. The van der Waals surface area contributed by atoms with Crippen molar-refractivity contribution >= 4 is 12.3 Å². The van der Waals surface area contributed by atoms with Crippen LogP contribution in [0.25, 0.3) is 0 Å². The van der Waals surface area contributed by atoms with E-state index in [4.69, 9.17) is 10.8 Å². The molecule has 0 saturated heterocycles. The first-order chi connectivity index (χ1) is 7.63. The lowest BCUT2D eigenvalue weighted by atomic mass is 9.93. The number of nitrogens with two attached hydrogens (primary N) is 1. The fraction of sp³-hybridized carbons (Fsp3) is 0.333. The molecule has 2 atom stereocenters. The number of carboxylic acids is 1. The summed E-state index contributed by atoms with van der Waals surface area (Å²) in [7, 11) is 0. The molecule has 0 bridgehead atoms. The summed E-state index contributed by atoms with van der Waals surface area (Å²) in [5.74, 6) is -1.58. The Hall–Kier alpha value is -1.68. The van der Waals surface area contributed by atoms with Crippen LogP contribution in [0.2, 0.25) is 0 Å². The van der Waals surface area contributed by atoms with E-state index in [1.807, 2.05) is 30.3 Å². The van der Waals surface area contributed by atoms with E-state index in [2.05, 4.69) is 0 Å². The molecule has 4 nitrogen and oxygen atoms in total. The molecule has 4 heteroatoms. The Labute approximate surface area is 94.1 Å². The van der Waals surface area contributed by atoms with E-state index >= 15 is 0 Å². The molecule has 85 valence electrons. The lowest BCUT2D eigenvalue weighted by Crippen LogP contribution is -2.29. The third-order valence-corrected chi connectivity index (χ3v) is 2.36. The third-order valence-electron chi connectivity index (χ3n) is 2.36. The number of carboxylic acid groups (broad SMARTS) is 1. The van der Waals surface area contributed by atoms with Crippen molar-refractivity contribution in [2.24, 2.45) is 11.7 Å². The number of aliphatic carboxylic acids is 1. The Morgan fingerprint density at radius 1 is 1.38 bits per heavy atom. The summed E-state index contributed by atoms with van der Waals surface area (Å²) in [6.45, 7) is 0. The molecule has 0 amide bonds. The summed E-state index contributed by atoms with van der Waals surface area (Å²) in [6, 6.07) is 8.44. The van der Waals surface area contributed by atoms with Crippen molar-refractivity contribution < 1.29 is 14.7 Å². The van der Waals surface area contributed by atoms with Crippen molar-refractivity contribution in [3.05, 3.63) is 35.9 Å². The summed E-state index contributed by atoms with van der Waals surface area (Å²) in [5, 5.41) is 8.99. The van der Waals surface area contributed by atoms with Crippen molar-refractivity contribution in [3.63, 3.8) is 0 Å². The minimum absolute atomic E-state index is 0.119. The van der Waals surface area contributed by atoms with E-state index in [1.54, 1.807) is 6.29 Å². The molecule has 1 aromatic carbocycles. The van der Waals surface area contributed by atoms with E-state index in [0.717, 1.165) is 5.56 Å². The van der Waals surface area contributed by atoms with Crippen LogP contribution >= 0.6 is 0 Å². The monoisotopic (exact) mass is 220 g/mol. The van der Waals surface area contributed by atoms with Crippen LogP contribution in [0.3, 0.4) is 0 Å². The van der Waals surface area contributed by atoms with Crippen molar-refractivity contribution in [2.45, 2.75) is 18.9 Å². The highest BCUT2D eigenvalue weighted by Gasteiger charge is 2.21. The average molecular weight is 220 g/mol. The first-order valence-corrected chi connectivity index (χ1v) is 5.03. The normalized spacial score (nSPS) is 14.1. The highest BCUT2D eigenvalue weighted by molar-refractivity contribution is 5.71. The molecule has 0 aliphatic carbocycles. The van der Waals surface area contributed by atoms with Crippen LogP contribution < -0.4 is 5.73 Å². The standard InChI is InChI=1S/C12H14NO3/c13-11(8-14)7-10(12(15)16)6-9-4-2-1-3-5-9/h1-5,10-11H,6-7,13H2,(H,15,16)/t10?,11-/m0/s1. The van der Waals surface area contributed by atoms with Crippen LogP contribution in [-0.2, 0) is 16.0 Å². The maximum Gasteiger partial charge on any atom is 0.306 e. The molecule has 1 rings (SSSR count). The fourth-order valence-electron chi connectivity index (χ4n) is 1.52. The Morgan fingerprint density at radius 3 is 2.50 bits per heavy atom. The molecule has 1 radical (unpaired) electrons. The van der Waals surface area contributed by atoms with Crippen molar-refractivity contribution in [1.29, 1.82) is 0 Å². The van der Waals surface area contributed by atoms with Gasteiger partial charge in [0.1, 0.15) is 0 Å². The number of benzene rings is 1. The zero-order chi connectivity index (χ0) is 12.0. The summed E-state index contributed by atoms with van der Waals surface area (Å²) in [5.41, 5.74) is 6.30. The van der Waals surface area contributed by atoms with E-state index in [1.165, 1.54) is 0 Å². The summed E-state index contributed by atoms with van der Waals surface area (Å²) >= 11 is 0. The maximum atomic E-state index is 11.0. The summed E-state index contributed by atoms with van der Waals surface area (Å²) in [4.78, 5) is 21.2. The summed E-state index contributed by atoms with van der Waals surface area (Å²) < 4.78 is 0. The van der Waals surface area contributed by atoms with Gasteiger partial charge in [-0.1, -0.05) is 30.3 Å². The Morgan fingerprint density at radius 2 is 2.00 bits per heavy atom. The lowest BCUT2D eigenvalue weighted by Gasteiger charge is -2.13. The molecule has 0 heterocycles. The van der Waals surface area contributed by atoms with Gasteiger partial charge in [-0.2, -0.15) is 0 Å². The third kappa shape index (κ3) is 3.82. The predicted molar refractivity (Wildman–Crippen MR) is 59.6 cm³/mol. The first-order valence-electron chi connectivity index (χ1n) is 5.03. The first kappa shape index (κ1) is 12.4. The Bertz CT molecular complexity index is 351. The van der Waals surface area contributed by atoms with Crippen LogP contribution in [0.15, 0.2) is 30.3 Å². The Balaban J connectivity index is 2.65. The zero-order valence-corrected chi connectivity index (χ0v) is 8.80. The van der Waals surface area contributed by atoms with Gasteiger partial charge in [0.05, 0.1) is 12.0 Å². The van der Waals surface area contributed by atoms with Gasteiger partial charge in [0.15, 0.2) is 0 Å². The topological polar surface area (TPSA) is 80.4 Å². The van der Waals surface area contributed by atoms with Gasteiger partial charge in [0.25, 0.3) is 0 Å². The van der Waals surface area contributed by atoms with Crippen LogP contribution in [0.4, 0.5) is 0 Å². The molecule has 1 aromatic rings. The highest BCUT2D eigenvalue weighted by atomic mass is 16.4. The molecule has 0 aromatic heterocycles. The second-order valence-corrected chi connectivity index (χ2v) is 3.68. The SMILES string of the molecule is N[C@H]([C]=O)CC(Cc1ccccc1)C(=O)O. The average Bonchev–Trinajstić information content (AvgIpc) is 2.29. The smallest absolute Gasteiger partial charge is 0.306 e. The van der Waals surface area contributed by atoms with Gasteiger partial charge in [-0.05, 0) is 18.4 Å². The van der Waals surface area contributed by atoms with E-state index < -0.39 is 17.9 Å². The van der Waals surface area contributed by atoms with Gasteiger partial charge < -0.3 is 10.8 Å². The van der Waals surface area contributed by atoms with E-state index in [9.17, 15) is 9.59 Å². The van der Waals surface area contributed by atoms with Crippen molar-refractivity contribution in [2.75, 3.05) is 0 Å². The van der Waals surface area contributed by atoms with Gasteiger partial charge in [0.2, 0.25) is 6.29 Å².